The molecule has 2 aromatic rings. The number of nitrogens with zero attached hydrogens (tertiary/aromatic N) is 3. The number of halogens is 3. The second-order valence-electron chi connectivity index (χ2n) is 5.39. The van der Waals surface area contributed by atoms with Crippen LogP contribution in [0.25, 0.3) is 0 Å². The van der Waals surface area contributed by atoms with Crippen LogP contribution in [0.15, 0.2) is 30.5 Å². The molecule has 22 heavy (non-hydrogen) atoms. The first kappa shape index (κ1) is 16.3. The zero-order chi connectivity index (χ0) is 16.5. The van der Waals surface area contributed by atoms with E-state index in [1.54, 1.807) is 11.9 Å². The van der Waals surface area contributed by atoms with E-state index in [1.807, 2.05) is 39.0 Å². The summed E-state index contributed by atoms with van der Waals surface area (Å²) >= 11 is 0. The number of aryl methyl sites for hydroxylation is 2. The number of aromatic nitrogens is 2. The average molecular weight is 309 g/mol. The molecule has 0 aliphatic rings. The number of hydrogen-bond donors (Lipinski definition) is 0. The normalized spacial score (nSPS) is 13.0. The fourth-order valence-electron chi connectivity index (χ4n) is 2.35. The van der Waals surface area contributed by atoms with Crippen molar-refractivity contribution in [2.45, 2.75) is 33.0 Å². The van der Waals surface area contributed by atoms with Crippen molar-refractivity contribution in [3.8, 4) is 0 Å². The standard InChI is InChI=1S/C16H18F3N3/c1-10-5-6-13(11(2)9-10)12(3)22(4)15-20-8-7-14(21-15)16(17,18)19/h5-9,12H,1-4H3/t12-/m0/s1. The van der Waals surface area contributed by atoms with E-state index in [1.165, 1.54) is 0 Å². The Hall–Kier alpha value is -2.11. The van der Waals surface area contributed by atoms with Crippen LogP contribution in [0.4, 0.5) is 19.1 Å². The van der Waals surface area contributed by atoms with E-state index in [-0.39, 0.29) is 12.0 Å². The Kier molecular flexibility index (Phi) is 4.39. The maximum atomic E-state index is 12.8. The van der Waals surface area contributed by atoms with E-state index in [9.17, 15) is 13.2 Å². The summed E-state index contributed by atoms with van der Waals surface area (Å²) in [4.78, 5) is 9.23. The van der Waals surface area contributed by atoms with Crippen LogP contribution in [0, 0.1) is 13.8 Å². The monoisotopic (exact) mass is 309 g/mol. The lowest BCUT2D eigenvalue weighted by atomic mass is 10.00. The molecule has 0 radical (unpaired) electrons. The van der Waals surface area contributed by atoms with Gasteiger partial charge in [0.25, 0.3) is 0 Å². The van der Waals surface area contributed by atoms with Gasteiger partial charge in [0.1, 0.15) is 5.69 Å². The highest BCUT2D eigenvalue weighted by atomic mass is 19.4. The Bertz CT molecular complexity index is 668. The average Bonchev–Trinajstić information content (AvgIpc) is 2.45. The number of anilines is 1. The highest BCUT2D eigenvalue weighted by molar-refractivity contribution is 5.40. The molecule has 1 atom stereocenters. The molecule has 0 spiro atoms. The van der Waals surface area contributed by atoms with Crippen LogP contribution in [0.3, 0.4) is 0 Å². The molecule has 0 saturated heterocycles. The van der Waals surface area contributed by atoms with E-state index in [4.69, 9.17) is 0 Å². The Labute approximate surface area is 127 Å². The summed E-state index contributed by atoms with van der Waals surface area (Å²) < 4.78 is 38.3. The quantitative estimate of drug-likeness (QED) is 0.846. The lowest BCUT2D eigenvalue weighted by Crippen LogP contribution is -2.25. The van der Waals surface area contributed by atoms with Crippen molar-refractivity contribution < 1.29 is 13.2 Å². The number of alkyl halides is 3. The maximum Gasteiger partial charge on any atom is 0.433 e. The second kappa shape index (κ2) is 5.94. The van der Waals surface area contributed by atoms with Crippen molar-refractivity contribution in [3.63, 3.8) is 0 Å². The predicted molar refractivity (Wildman–Crippen MR) is 79.8 cm³/mol. The zero-order valence-corrected chi connectivity index (χ0v) is 12.9. The summed E-state index contributed by atoms with van der Waals surface area (Å²) in [6.07, 6.45) is -3.34. The number of rotatable bonds is 3. The smallest absolute Gasteiger partial charge is 0.337 e. The van der Waals surface area contributed by atoms with Crippen LogP contribution in [-0.4, -0.2) is 17.0 Å². The lowest BCUT2D eigenvalue weighted by Gasteiger charge is -2.27. The van der Waals surface area contributed by atoms with Gasteiger partial charge in [-0.1, -0.05) is 23.8 Å². The minimum Gasteiger partial charge on any atom is -0.337 e. The SMILES string of the molecule is Cc1ccc([C@H](C)N(C)c2nccc(C(F)(F)F)n2)c(C)c1. The summed E-state index contributed by atoms with van der Waals surface area (Å²) in [5, 5.41) is 0. The van der Waals surface area contributed by atoms with Gasteiger partial charge in [0, 0.05) is 13.2 Å². The zero-order valence-electron chi connectivity index (χ0n) is 12.9. The van der Waals surface area contributed by atoms with Gasteiger partial charge in [-0.05, 0) is 38.0 Å². The van der Waals surface area contributed by atoms with Crippen molar-refractivity contribution in [1.82, 2.24) is 9.97 Å². The van der Waals surface area contributed by atoms with Gasteiger partial charge in [0.05, 0.1) is 6.04 Å². The molecule has 0 bridgehead atoms. The van der Waals surface area contributed by atoms with Crippen molar-refractivity contribution >= 4 is 5.95 Å². The van der Waals surface area contributed by atoms with Crippen molar-refractivity contribution in [1.29, 1.82) is 0 Å². The molecule has 0 aliphatic heterocycles. The van der Waals surface area contributed by atoms with Crippen molar-refractivity contribution in [2.24, 2.45) is 0 Å². The summed E-state index contributed by atoms with van der Waals surface area (Å²) in [5.74, 6) is 0.0577. The van der Waals surface area contributed by atoms with Gasteiger partial charge in [-0.3, -0.25) is 0 Å². The van der Waals surface area contributed by atoms with Crippen molar-refractivity contribution in [2.75, 3.05) is 11.9 Å². The third-order valence-electron chi connectivity index (χ3n) is 3.71. The van der Waals surface area contributed by atoms with Crippen molar-refractivity contribution in [3.05, 3.63) is 52.8 Å². The van der Waals surface area contributed by atoms with Gasteiger partial charge in [0.2, 0.25) is 5.95 Å². The molecule has 0 N–H and O–H groups in total. The molecular formula is C16H18F3N3. The molecular weight excluding hydrogens is 291 g/mol. The first-order valence-electron chi connectivity index (χ1n) is 6.90. The third kappa shape index (κ3) is 3.37. The third-order valence-corrected chi connectivity index (χ3v) is 3.71. The Morgan fingerprint density at radius 2 is 1.82 bits per heavy atom. The lowest BCUT2D eigenvalue weighted by molar-refractivity contribution is -0.141. The topological polar surface area (TPSA) is 29.0 Å². The van der Waals surface area contributed by atoms with Gasteiger partial charge in [-0.2, -0.15) is 13.2 Å². The van der Waals surface area contributed by atoms with Crippen LogP contribution < -0.4 is 4.90 Å². The van der Waals surface area contributed by atoms with Crippen LogP contribution >= 0.6 is 0 Å². The van der Waals surface area contributed by atoms with Crippen LogP contribution in [-0.2, 0) is 6.18 Å². The largest absolute Gasteiger partial charge is 0.433 e. The van der Waals surface area contributed by atoms with E-state index >= 15 is 0 Å². The number of hydrogen-bond acceptors (Lipinski definition) is 3. The summed E-state index contributed by atoms with van der Waals surface area (Å²) in [6, 6.07) is 6.76. The molecule has 3 nitrogen and oxygen atoms in total. The molecule has 0 amide bonds. The molecule has 1 aromatic carbocycles. The number of benzene rings is 1. The van der Waals surface area contributed by atoms with Crippen LogP contribution in [0.1, 0.15) is 35.3 Å². The molecule has 0 fully saturated rings. The van der Waals surface area contributed by atoms with Gasteiger partial charge in [-0.25, -0.2) is 9.97 Å². The summed E-state index contributed by atoms with van der Waals surface area (Å²) in [7, 11) is 1.69. The van der Waals surface area contributed by atoms with Gasteiger partial charge in [-0.15, -0.1) is 0 Å². The minimum absolute atomic E-state index is 0.0577. The molecule has 0 unspecified atom stereocenters. The Morgan fingerprint density at radius 3 is 2.41 bits per heavy atom. The molecule has 6 heteroatoms. The van der Waals surface area contributed by atoms with Crippen LogP contribution in [0.5, 0.6) is 0 Å². The first-order chi connectivity index (χ1) is 10.2. The molecule has 2 rings (SSSR count). The van der Waals surface area contributed by atoms with E-state index < -0.39 is 11.9 Å². The van der Waals surface area contributed by atoms with E-state index in [0.29, 0.717) is 0 Å². The fraction of sp³-hybridized carbons (Fsp3) is 0.375. The second-order valence-corrected chi connectivity index (χ2v) is 5.39. The predicted octanol–water partition coefficient (Wildman–Crippen LogP) is 4.31. The molecule has 1 heterocycles. The molecule has 1 aromatic heterocycles. The van der Waals surface area contributed by atoms with E-state index in [2.05, 4.69) is 9.97 Å². The highest BCUT2D eigenvalue weighted by Crippen LogP contribution is 2.30. The molecule has 118 valence electrons. The van der Waals surface area contributed by atoms with Gasteiger partial charge in [0.15, 0.2) is 0 Å². The molecule has 0 saturated carbocycles. The van der Waals surface area contributed by atoms with Gasteiger partial charge < -0.3 is 4.90 Å². The first-order valence-corrected chi connectivity index (χ1v) is 6.90. The van der Waals surface area contributed by atoms with Crippen LogP contribution in [0.2, 0.25) is 0 Å². The van der Waals surface area contributed by atoms with Gasteiger partial charge >= 0.3 is 6.18 Å². The Balaban J connectivity index is 2.33. The maximum absolute atomic E-state index is 12.8. The van der Waals surface area contributed by atoms with E-state index in [0.717, 1.165) is 29.0 Å². The summed E-state index contributed by atoms with van der Waals surface area (Å²) in [5.41, 5.74) is 2.34. The Morgan fingerprint density at radius 1 is 1.14 bits per heavy atom. The highest BCUT2D eigenvalue weighted by Gasteiger charge is 2.33. The fourth-order valence-corrected chi connectivity index (χ4v) is 2.35. The minimum atomic E-state index is -4.47. The molecule has 0 aliphatic carbocycles. The summed E-state index contributed by atoms with van der Waals surface area (Å²) in [6.45, 7) is 5.90.